The first-order valence-corrected chi connectivity index (χ1v) is 6.68. The van der Waals surface area contributed by atoms with Gasteiger partial charge in [0, 0.05) is 18.5 Å². The van der Waals surface area contributed by atoms with Gasteiger partial charge in [-0.1, -0.05) is 13.8 Å². The fourth-order valence-electron chi connectivity index (χ4n) is 2.34. The van der Waals surface area contributed by atoms with E-state index in [0.717, 1.165) is 25.7 Å². The van der Waals surface area contributed by atoms with E-state index in [9.17, 15) is 9.59 Å². The van der Waals surface area contributed by atoms with Gasteiger partial charge in [-0.05, 0) is 31.6 Å². The molecule has 1 aliphatic rings. The second kappa shape index (κ2) is 6.73. The Hall–Kier alpha value is -1.10. The third-order valence-electron chi connectivity index (χ3n) is 3.76. The number of nitrogens with one attached hydrogen (secondary N) is 1. The quantitative estimate of drug-likeness (QED) is 0.683. The van der Waals surface area contributed by atoms with E-state index in [0.29, 0.717) is 0 Å². The molecule has 1 saturated carbocycles. The molecule has 4 N–H and O–H groups in total. The molecule has 0 heterocycles. The fraction of sp³-hybridized carbons (Fsp3) is 0.846. The van der Waals surface area contributed by atoms with Crippen molar-refractivity contribution in [3.8, 4) is 0 Å². The van der Waals surface area contributed by atoms with E-state index in [4.69, 9.17) is 10.8 Å². The van der Waals surface area contributed by atoms with Crippen LogP contribution in [-0.2, 0) is 9.59 Å². The first-order chi connectivity index (χ1) is 8.41. The van der Waals surface area contributed by atoms with E-state index in [-0.39, 0.29) is 30.3 Å². The third kappa shape index (κ3) is 4.29. The normalized spacial score (nSPS) is 25.8. The molecule has 1 fully saturated rings. The second-order valence-corrected chi connectivity index (χ2v) is 5.55. The van der Waals surface area contributed by atoms with Crippen molar-refractivity contribution in [2.75, 3.05) is 6.54 Å². The molecule has 0 bridgehead atoms. The largest absolute Gasteiger partial charge is 0.481 e. The minimum absolute atomic E-state index is 0.00593. The van der Waals surface area contributed by atoms with Gasteiger partial charge < -0.3 is 16.2 Å². The summed E-state index contributed by atoms with van der Waals surface area (Å²) in [5, 5.41) is 11.8. The maximum absolute atomic E-state index is 11.9. The Kier molecular flexibility index (Phi) is 5.59. The van der Waals surface area contributed by atoms with E-state index in [2.05, 4.69) is 5.32 Å². The molecular formula is C13H24N2O3. The van der Waals surface area contributed by atoms with Gasteiger partial charge in [0.15, 0.2) is 0 Å². The Labute approximate surface area is 108 Å². The Morgan fingerprint density at radius 1 is 1.28 bits per heavy atom. The molecule has 1 aliphatic carbocycles. The molecule has 0 aromatic carbocycles. The highest BCUT2D eigenvalue weighted by molar-refractivity contribution is 5.79. The molecule has 5 heteroatoms. The smallest absolute Gasteiger partial charge is 0.308 e. The predicted octanol–water partition coefficient (Wildman–Crippen LogP) is 0.977. The van der Waals surface area contributed by atoms with Crippen LogP contribution in [0.15, 0.2) is 0 Å². The summed E-state index contributed by atoms with van der Waals surface area (Å²) in [6, 6.07) is 0.219. The number of carbonyl (C=O) groups is 2. The molecule has 1 unspecified atom stereocenters. The van der Waals surface area contributed by atoms with Crippen LogP contribution < -0.4 is 11.1 Å². The van der Waals surface area contributed by atoms with Crippen LogP contribution in [0.4, 0.5) is 0 Å². The first-order valence-electron chi connectivity index (χ1n) is 6.68. The van der Waals surface area contributed by atoms with Gasteiger partial charge in [-0.25, -0.2) is 0 Å². The summed E-state index contributed by atoms with van der Waals surface area (Å²) in [6.45, 7) is 3.92. The van der Waals surface area contributed by atoms with Crippen LogP contribution in [0, 0.1) is 17.8 Å². The van der Waals surface area contributed by atoms with Crippen LogP contribution in [0.5, 0.6) is 0 Å². The zero-order chi connectivity index (χ0) is 13.7. The third-order valence-corrected chi connectivity index (χ3v) is 3.76. The lowest BCUT2D eigenvalue weighted by atomic mass is 9.85. The molecule has 1 rings (SSSR count). The number of hydrogen-bond acceptors (Lipinski definition) is 3. The van der Waals surface area contributed by atoms with Gasteiger partial charge in [-0.3, -0.25) is 9.59 Å². The molecular weight excluding hydrogens is 232 g/mol. The lowest BCUT2D eigenvalue weighted by Gasteiger charge is -2.26. The van der Waals surface area contributed by atoms with E-state index >= 15 is 0 Å². The van der Waals surface area contributed by atoms with Crippen LogP contribution in [0.25, 0.3) is 0 Å². The van der Waals surface area contributed by atoms with Crippen LogP contribution in [-0.4, -0.2) is 29.6 Å². The summed E-state index contributed by atoms with van der Waals surface area (Å²) in [6.07, 6.45) is 3.38. The summed E-state index contributed by atoms with van der Waals surface area (Å²) in [5.41, 5.74) is 5.79. The Morgan fingerprint density at radius 3 is 2.28 bits per heavy atom. The molecule has 0 aromatic rings. The molecule has 1 amide bonds. The van der Waals surface area contributed by atoms with Crippen LogP contribution >= 0.6 is 0 Å². The van der Waals surface area contributed by atoms with Crippen molar-refractivity contribution in [2.45, 2.75) is 45.6 Å². The van der Waals surface area contributed by atoms with Gasteiger partial charge in [0.05, 0.1) is 5.92 Å². The zero-order valence-electron chi connectivity index (χ0n) is 11.2. The molecule has 18 heavy (non-hydrogen) atoms. The van der Waals surface area contributed by atoms with Gasteiger partial charge in [0.1, 0.15) is 0 Å². The first kappa shape index (κ1) is 15.0. The topological polar surface area (TPSA) is 92.4 Å². The average molecular weight is 256 g/mol. The molecule has 0 radical (unpaired) electrons. The van der Waals surface area contributed by atoms with Gasteiger partial charge >= 0.3 is 5.97 Å². The second-order valence-electron chi connectivity index (χ2n) is 5.55. The SMILES string of the molecule is CC(C)C(CNC(=O)C1CCC(N)CC1)C(=O)O. The van der Waals surface area contributed by atoms with Gasteiger partial charge in [0.2, 0.25) is 5.91 Å². The summed E-state index contributed by atoms with van der Waals surface area (Å²) < 4.78 is 0. The Bertz CT molecular complexity index is 297. The predicted molar refractivity (Wildman–Crippen MR) is 68.9 cm³/mol. The van der Waals surface area contributed by atoms with E-state index in [1.165, 1.54) is 0 Å². The lowest BCUT2D eigenvalue weighted by molar-refractivity contribution is -0.143. The van der Waals surface area contributed by atoms with Crippen molar-refractivity contribution in [3.63, 3.8) is 0 Å². The number of carboxylic acid groups (broad SMARTS) is 1. The van der Waals surface area contributed by atoms with E-state index in [1.807, 2.05) is 13.8 Å². The van der Waals surface area contributed by atoms with Crippen molar-refractivity contribution in [1.29, 1.82) is 0 Å². The summed E-state index contributed by atoms with van der Waals surface area (Å²) >= 11 is 0. The Balaban J connectivity index is 2.38. The zero-order valence-corrected chi connectivity index (χ0v) is 11.2. The molecule has 5 nitrogen and oxygen atoms in total. The molecule has 0 aliphatic heterocycles. The van der Waals surface area contributed by atoms with Crippen molar-refractivity contribution in [2.24, 2.45) is 23.5 Å². The molecule has 0 aromatic heterocycles. The van der Waals surface area contributed by atoms with Crippen LogP contribution in [0.3, 0.4) is 0 Å². The number of carbonyl (C=O) groups excluding carboxylic acids is 1. The average Bonchev–Trinajstić information content (AvgIpc) is 2.28. The number of aliphatic carboxylic acids is 1. The highest BCUT2D eigenvalue weighted by atomic mass is 16.4. The van der Waals surface area contributed by atoms with E-state index in [1.54, 1.807) is 0 Å². The minimum Gasteiger partial charge on any atom is -0.481 e. The van der Waals surface area contributed by atoms with Crippen LogP contribution in [0.1, 0.15) is 39.5 Å². The monoisotopic (exact) mass is 256 g/mol. The number of nitrogens with two attached hydrogens (primary N) is 1. The molecule has 0 spiro atoms. The number of carboxylic acids is 1. The lowest BCUT2D eigenvalue weighted by Crippen LogP contribution is -2.40. The van der Waals surface area contributed by atoms with Crippen molar-refractivity contribution < 1.29 is 14.7 Å². The fourth-order valence-corrected chi connectivity index (χ4v) is 2.34. The van der Waals surface area contributed by atoms with Gasteiger partial charge in [0.25, 0.3) is 0 Å². The van der Waals surface area contributed by atoms with Crippen molar-refractivity contribution in [1.82, 2.24) is 5.32 Å². The number of rotatable bonds is 5. The van der Waals surface area contributed by atoms with E-state index < -0.39 is 11.9 Å². The Morgan fingerprint density at radius 2 is 1.83 bits per heavy atom. The molecule has 0 saturated heterocycles. The molecule has 1 atom stereocenters. The van der Waals surface area contributed by atoms with Crippen LogP contribution in [0.2, 0.25) is 0 Å². The maximum Gasteiger partial charge on any atom is 0.308 e. The molecule has 104 valence electrons. The number of amides is 1. The van der Waals surface area contributed by atoms with Gasteiger partial charge in [-0.15, -0.1) is 0 Å². The van der Waals surface area contributed by atoms with Crippen molar-refractivity contribution >= 4 is 11.9 Å². The maximum atomic E-state index is 11.9. The highest BCUT2D eigenvalue weighted by Gasteiger charge is 2.27. The highest BCUT2D eigenvalue weighted by Crippen LogP contribution is 2.23. The summed E-state index contributed by atoms with van der Waals surface area (Å²) in [4.78, 5) is 22.9. The minimum atomic E-state index is -0.851. The number of hydrogen-bond donors (Lipinski definition) is 3. The summed E-state index contributed by atoms with van der Waals surface area (Å²) in [5.74, 6) is -1.36. The standard InChI is InChI=1S/C13H24N2O3/c1-8(2)11(13(17)18)7-15-12(16)9-3-5-10(14)6-4-9/h8-11H,3-7,14H2,1-2H3,(H,15,16)(H,17,18). The van der Waals surface area contributed by atoms with Gasteiger partial charge in [-0.2, -0.15) is 0 Å². The summed E-state index contributed by atoms with van der Waals surface area (Å²) in [7, 11) is 0. The van der Waals surface area contributed by atoms with Crippen molar-refractivity contribution in [3.05, 3.63) is 0 Å².